The van der Waals surface area contributed by atoms with Crippen molar-refractivity contribution in [3.63, 3.8) is 0 Å². The molecule has 0 saturated carbocycles. The lowest BCUT2D eigenvalue weighted by molar-refractivity contribution is -0.118. The fourth-order valence-corrected chi connectivity index (χ4v) is 3.45. The van der Waals surface area contributed by atoms with Crippen LogP contribution in [-0.2, 0) is 17.9 Å². The number of benzene rings is 2. The Morgan fingerprint density at radius 3 is 2.52 bits per heavy atom. The summed E-state index contributed by atoms with van der Waals surface area (Å²) in [4.78, 5) is 14.5. The first-order chi connectivity index (χ1) is 12.2. The van der Waals surface area contributed by atoms with E-state index in [9.17, 15) is 4.79 Å². The van der Waals surface area contributed by atoms with Gasteiger partial charge in [-0.25, -0.2) is 4.68 Å². The van der Waals surface area contributed by atoms with Crippen LogP contribution in [0.25, 0.3) is 22.5 Å². The summed E-state index contributed by atoms with van der Waals surface area (Å²) in [6.45, 7) is 5.26. The van der Waals surface area contributed by atoms with E-state index in [0.29, 0.717) is 13.0 Å². The maximum Gasteiger partial charge on any atom is 0.227 e. The minimum atomic E-state index is 0.105. The third kappa shape index (κ3) is 2.43. The molecule has 4 rings (SSSR count). The summed E-state index contributed by atoms with van der Waals surface area (Å²) in [6.07, 6.45) is 0.463. The third-order valence-corrected chi connectivity index (χ3v) is 4.69. The highest BCUT2D eigenvalue weighted by Crippen LogP contribution is 2.40. The monoisotopic (exact) mass is 332 g/mol. The molecular weight excluding hydrogens is 312 g/mol. The largest absolute Gasteiger partial charge is 0.307 e. The number of aromatic nitrogens is 3. The van der Waals surface area contributed by atoms with Gasteiger partial charge in [0.05, 0.1) is 17.9 Å². The lowest BCUT2D eigenvalue weighted by Crippen LogP contribution is -2.31. The topological polar surface area (TPSA) is 51.0 Å². The highest BCUT2D eigenvalue weighted by molar-refractivity contribution is 6.00. The summed E-state index contributed by atoms with van der Waals surface area (Å²) in [5.74, 6) is 0.105. The van der Waals surface area contributed by atoms with Crippen molar-refractivity contribution in [1.29, 1.82) is 0 Å². The molecule has 0 saturated heterocycles. The van der Waals surface area contributed by atoms with Crippen LogP contribution in [-0.4, -0.2) is 20.9 Å². The number of para-hydroxylation sites is 1. The van der Waals surface area contributed by atoms with Gasteiger partial charge in [-0.3, -0.25) is 4.79 Å². The molecule has 5 heteroatoms. The highest BCUT2D eigenvalue weighted by Gasteiger charge is 2.27. The fourth-order valence-electron chi connectivity index (χ4n) is 3.45. The summed E-state index contributed by atoms with van der Waals surface area (Å²) in [5, 5.41) is 8.81. The molecular formula is C20H20N4O. The van der Waals surface area contributed by atoms with Crippen LogP contribution in [0, 0.1) is 0 Å². The minimum absolute atomic E-state index is 0.105. The summed E-state index contributed by atoms with van der Waals surface area (Å²) < 4.78 is 1.93. The lowest BCUT2D eigenvalue weighted by atomic mass is 9.95. The molecule has 0 spiro atoms. The Kier molecular flexibility index (Phi) is 3.84. The zero-order chi connectivity index (χ0) is 17.4. The van der Waals surface area contributed by atoms with Crippen molar-refractivity contribution in [1.82, 2.24) is 15.0 Å². The number of carbonyl (C=O) groups excluding carboxylic acids is 1. The van der Waals surface area contributed by atoms with Crippen LogP contribution < -0.4 is 4.90 Å². The van der Waals surface area contributed by atoms with Crippen LogP contribution in [0.15, 0.2) is 48.5 Å². The van der Waals surface area contributed by atoms with Gasteiger partial charge in [-0.1, -0.05) is 54.6 Å². The van der Waals surface area contributed by atoms with E-state index >= 15 is 0 Å². The van der Waals surface area contributed by atoms with Gasteiger partial charge >= 0.3 is 0 Å². The molecule has 1 aromatic heterocycles. The van der Waals surface area contributed by atoms with Gasteiger partial charge in [0.1, 0.15) is 5.69 Å². The first-order valence-corrected chi connectivity index (χ1v) is 8.66. The van der Waals surface area contributed by atoms with Gasteiger partial charge in [0, 0.05) is 24.1 Å². The van der Waals surface area contributed by atoms with Crippen molar-refractivity contribution in [3.05, 3.63) is 54.1 Å². The Bertz CT molecular complexity index is 944. The second-order valence-electron chi connectivity index (χ2n) is 6.11. The molecule has 1 amide bonds. The van der Waals surface area contributed by atoms with Crippen LogP contribution >= 0.6 is 0 Å². The van der Waals surface area contributed by atoms with Gasteiger partial charge in [-0.2, -0.15) is 0 Å². The molecule has 0 unspecified atom stereocenters. The number of rotatable bonds is 2. The number of carbonyl (C=O) groups is 1. The fraction of sp³-hybridized carbons (Fsp3) is 0.250. The molecule has 3 aromatic rings. The molecule has 1 aliphatic heterocycles. The number of amides is 1. The summed E-state index contributed by atoms with van der Waals surface area (Å²) >= 11 is 0. The van der Waals surface area contributed by atoms with Crippen molar-refractivity contribution in [3.8, 4) is 22.5 Å². The van der Waals surface area contributed by atoms with Crippen LogP contribution in [0.3, 0.4) is 0 Å². The van der Waals surface area contributed by atoms with Crippen molar-refractivity contribution < 1.29 is 4.79 Å². The Balaban J connectivity index is 2.07. The zero-order valence-corrected chi connectivity index (χ0v) is 14.4. The molecule has 2 heterocycles. The average Bonchev–Trinajstić information content (AvgIpc) is 3.08. The average molecular weight is 332 g/mol. The van der Waals surface area contributed by atoms with E-state index in [1.165, 1.54) is 0 Å². The van der Waals surface area contributed by atoms with Gasteiger partial charge in [0.2, 0.25) is 5.91 Å². The predicted octanol–water partition coefficient (Wildman–Crippen LogP) is 3.89. The Hall–Kier alpha value is -2.95. The SMILES string of the molecule is CCC(=O)N1Cc2ccccc2-c2c(nnn2CC)-c2ccccc21. The van der Waals surface area contributed by atoms with E-state index < -0.39 is 0 Å². The van der Waals surface area contributed by atoms with Crippen molar-refractivity contribution in [2.24, 2.45) is 0 Å². The summed E-state index contributed by atoms with van der Waals surface area (Å²) in [5.41, 5.74) is 5.90. The Morgan fingerprint density at radius 2 is 1.76 bits per heavy atom. The van der Waals surface area contributed by atoms with Crippen molar-refractivity contribution in [2.75, 3.05) is 4.90 Å². The quantitative estimate of drug-likeness (QED) is 0.715. The molecule has 0 atom stereocenters. The molecule has 5 nitrogen and oxygen atoms in total. The van der Waals surface area contributed by atoms with Crippen LogP contribution in [0.2, 0.25) is 0 Å². The molecule has 1 aliphatic rings. The molecule has 0 fully saturated rings. The van der Waals surface area contributed by atoms with E-state index in [1.807, 2.05) is 52.9 Å². The van der Waals surface area contributed by atoms with Gasteiger partial charge < -0.3 is 4.90 Å². The Labute approximate surface area is 146 Å². The Morgan fingerprint density at radius 1 is 1.04 bits per heavy atom. The zero-order valence-electron chi connectivity index (χ0n) is 14.4. The van der Waals surface area contributed by atoms with E-state index in [1.54, 1.807) is 0 Å². The van der Waals surface area contributed by atoms with E-state index in [-0.39, 0.29) is 5.91 Å². The maximum absolute atomic E-state index is 12.7. The van der Waals surface area contributed by atoms with Crippen LogP contribution in [0.5, 0.6) is 0 Å². The van der Waals surface area contributed by atoms with Gasteiger partial charge in [0.25, 0.3) is 0 Å². The predicted molar refractivity (Wildman–Crippen MR) is 98.0 cm³/mol. The number of aryl methyl sites for hydroxylation is 1. The smallest absolute Gasteiger partial charge is 0.227 e. The number of hydrogen-bond donors (Lipinski definition) is 0. The van der Waals surface area contributed by atoms with Crippen molar-refractivity contribution in [2.45, 2.75) is 33.4 Å². The number of nitrogens with zero attached hydrogens (tertiary/aromatic N) is 4. The molecule has 0 radical (unpaired) electrons. The second kappa shape index (κ2) is 6.16. The normalized spacial score (nSPS) is 12.6. The minimum Gasteiger partial charge on any atom is -0.307 e. The standard InChI is InChI=1S/C20H20N4O/c1-3-18(25)23-13-14-9-5-6-10-15(14)20-19(21-22-24(20)4-2)16-11-7-8-12-17(16)23/h5-12H,3-4,13H2,1-2H3. The van der Waals surface area contributed by atoms with E-state index in [4.69, 9.17) is 0 Å². The molecule has 126 valence electrons. The van der Waals surface area contributed by atoms with Crippen molar-refractivity contribution >= 4 is 11.6 Å². The lowest BCUT2D eigenvalue weighted by Gasteiger charge is -2.28. The summed E-state index contributed by atoms with van der Waals surface area (Å²) in [7, 11) is 0. The molecule has 0 bridgehead atoms. The maximum atomic E-state index is 12.7. The van der Waals surface area contributed by atoms with E-state index in [0.717, 1.165) is 40.3 Å². The highest BCUT2D eigenvalue weighted by atomic mass is 16.2. The number of fused-ring (bicyclic) bond motifs is 5. The molecule has 25 heavy (non-hydrogen) atoms. The first-order valence-electron chi connectivity index (χ1n) is 8.66. The van der Waals surface area contributed by atoms with Crippen LogP contribution in [0.4, 0.5) is 5.69 Å². The molecule has 0 N–H and O–H groups in total. The second-order valence-corrected chi connectivity index (χ2v) is 6.11. The summed E-state index contributed by atoms with van der Waals surface area (Å²) in [6, 6.07) is 16.2. The first kappa shape index (κ1) is 15.6. The van der Waals surface area contributed by atoms with Gasteiger partial charge in [0.15, 0.2) is 0 Å². The molecule has 0 aliphatic carbocycles. The van der Waals surface area contributed by atoms with Gasteiger partial charge in [-0.15, -0.1) is 5.10 Å². The van der Waals surface area contributed by atoms with Crippen LogP contribution in [0.1, 0.15) is 25.8 Å². The van der Waals surface area contributed by atoms with E-state index in [2.05, 4.69) is 29.4 Å². The molecule has 2 aromatic carbocycles. The third-order valence-electron chi connectivity index (χ3n) is 4.69. The number of hydrogen-bond acceptors (Lipinski definition) is 3. The number of anilines is 1. The van der Waals surface area contributed by atoms with Gasteiger partial charge in [-0.05, 0) is 18.6 Å².